The first-order chi connectivity index (χ1) is 9.38. The number of aromatic nitrogens is 1. The maximum absolute atomic E-state index is 12.1. The van der Waals surface area contributed by atoms with Crippen LogP contribution in [0.1, 0.15) is 16.8 Å². The number of nitrogens with zero attached hydrogens (tertiary/aromatic N) is 3. The summed E-state index contributed by atoms with van der Waals surface area (Å²) in [5, 5.41) is 13.0. The van der Waals surface area contributed by atoms with Crippen molar-refractivity contribution in [3.63, 3.8) is 0 Å². The van der Waals surface area contributed by atoms with Gasteiger partial charge in [-0.15, -0.1) is 0 Å². The largest absolute Gasteiger partial charge is 0.359 e. The Labute approximate surface area is 119 Å². The summed E-state index contributed by atoms with van der Waals surface area (Å²) < 4.78 is 0. The molecule has 0 aliphatic rings. The van der Waals surface area contributed by atoms with E-state index in [9.17, 15) is 19.7 Å². The Bertz CT molecular complexity index is 549. The van der Waals surface area contributed by atoms with Crippen LogP contribution in [-0.4, -0.2) is 47.3 Å². The average molecular weight is 301 g/mol. The second-order valence-corrected chi connectivity index (χ2v) is 4.26. The summed E-state index contributed by atoms with van der Waals surface area (Å²) >= 11 is 5.64. The summed E-state index contributed by atoms with van der Waals surface area (Å²) in [4.78, 5) is 38.2. The van der Waals surface area contributed by atoms with Gasteiger partial charge in [0.1, 0.15) is 5.56 Å². The van der Waals surface area contributed by atoms with Crippen molar-refractivity contribution in [2.45, 2.75) is 6.42 Å². The fraction of sp³-hybridized carbons (Fsp3) is 0.364. The zero-order chi connectivity index (χ0) is 15.3. The van der Waals surface area contributed by atoms with E-state index in [2.05, 4.69) is 10.3 Å². The van der Waals surface area contributed by atoms with Crippen LogP contribution in [0, 0.1) is 10.1 Å². The fourth-order valence-corrected chi connectivity index (χ4v) is 1.70. The Morgan fingerprint density at radius 2 is 2.20 bits per heavy atom. The molecule has 0 saturated heterocycles. The molecule has 0 aliphatic heterocycles. The van der Waals surface area contributed by atoms with Gasteiger partial charge in [0.05, 0.1) is 4.92 Å². The normalized spacial score (nSPS) is 9.95. The van der Waals surface area contributed by atoms with Crippen LogP contribution < -0.4 is 5.32 Å². The quantitative estimate of drug-likeness (QED) is 0.493. The highest BCUT2D eigenvalue weighted by atomic mass is 35.5. The molecule has 0 saturated carbocycles. The first-order valence-electron chi connectivity index (χ1n) is 5.63. The first kappa shape index (κ1) is 15.8. The summed E-state index contributed by atoms with van der Waals surface area (Å²) in [5.74, 6) is -0.822. The molecule has 1 heterocycles. The molecule has 0 aromatic carbocycles. The third-order valence-corrected chi connectivity index (χ3v) is 2.87. The van der Waals surface area contributed by atoms with Crippen molar-refractivity contribution in [1.29, 1.82) is 0 Å². The number of nitrogens with one attached hydrogen (secondary N) is 1. The molecule has 0 unspecified atom stereocenters. The summed E-state index contributed by atoms with van der Waals surface area (Å²) in [6.07, 6.45) is 1.32. The van der Waals surface area contributed by atoms with Crippen LogP contribution in [0.25, 0.3) is 0 Å². The lowest BCUT2D eigenvalue weighted by Crippen LogP contribution is -2.31. The van der Waals surface area contributed by atoms with Gasteiger partial charge in [-0.05, 0) is 6.07 Å². The third-order valence-electron chi connectivity index (χ3n) is 2.59. The topological polar surface area (TPSA) is 105 Å². The standard InChI is InChI=1S/C11H13ClN4O4/c1-13-8(17)4-6-15(2)11(18)7-3-5-14-10(12)9(7)16(19)20/h3,5H,4,6H2,1-2H3,(H,13,17). The van der Waals surface area contributed by atoms with E-state index >= 15 is 0 Å². The molecule has 9 heteroatoms. The van der Waals surface area contributed by atoms with Crippen LogP contribution >= 0.6 is 11.6 Å². The summed E-state index contributed by atoms with van der Waals surface area (Å²) in [6, 6.07) is 1.22. The number of amides is 2. The van der Waals surface area contributed by atoms with Crippen LogP contribution in [0.5, 0.6) is 0 Å². The number of carbonyl (C=O) groups is 2. The van der Waals surface area contributed by atoms with E-state index in [1.807, 2.05) is 0 Å². The van der Waals surface area contributed by atoms with Gasteiger partial charge in [0.2, 0.25) is 11.1 Å². The minimum absolute atomic E-state index is 0.103. The van der Waals surface area contributed by atoms with E-state index in [0.29, 0.717) is 0 Å². The fourth-order valence-electron chi connectivity index (χ4n) is 1.48. The van der Waals surface area contributed by atoms with E-state index in [0.717, 1.165) is 0 Å². The molecule has 0 aliphatic carbocycles. The monoisotopic (exact) mass is 300 g/mol. The van der Waals surface area contributed by atoms with Gasteiger partial charge in [0.25, 0.3) is 5.91 Å². The van der Waals surface area contributed by atoms with Gasteiger partial charge in [0.15, 0.2) is 0 Å². The van der Waals surface area contributed by atoms with Crippen LogP contribution in [0.4, 0.5) is 5.69 Å². The molecule has 0 radical (unpaired) electrons. The minimum Gasteiger partial charge on any atom is -0.359 e. The molecule has 1 N–H and O–H groups in total. The van der Waals surface area contributed by atoms with Gasteiger partial charge in [0, 0.05) is 33.3 Å². The Hall–Kier alpha value is -2.22. The molecule has 20 heavy (non-hydrogen) atoms. The van der Waals surface area contributed by atoms with E-state index < -0.39 is 16.5 Å². The summed E-state index contributed by atoms with van der Waals surface area (Å²) in [6.45, 7) is 0.135. The Kier molecular flexibility index (Phi) is 5.39. The van der Waals surface area contributed by atoms with Crippen LogP contribution in [0.15, 0.2) is 12.3 Å². The molecule has 1 aromatic heterocycles. The molecule has 1 rings (SSSR count). The Balaban J connectivity index is 2.95. The molecule has 0 atom stereocenters. The number of rotatable bonds is 5. The van der Waals surface area contributed by atoms with E-state index in [1.165, 1.54) is 31.3 Å². The highest BCUT2D eigenvalue weighted by molar-refractivity contribution is 6.32. The number of nitro groups is 1. The molecule has 0 spiro atoms. The predicted octanol–water partition coefficient (Wildman–Crippen LogP) is 0.851. The highest BCUT2D eigenvalue weighted by Crippen LogP contribution is 2.26. The van der Waals surface area contributed by atoms with Crippen molar-refractivity contribution < 1.29 is 14.5 Å². The van der Waals surface area contributed by atoms with Crippen LogP contribution in [-0.2, 0) is 4.79 Å². The molecule has 1 aromatic rings. The van der Waals surface area contributed by atoms with Gasteiger partial charge in [-0.3, -0.25) is 19.7 Å². The van der Waals surface area contributed by atoms with Crippen molar-refractivity contribution in [2.75, 3.05) is 20.6 Å². The average Bonchev–Trinajstić information content (AvgIpc) is 2.42. The van der Waals surface area contributed by atoms with Gasteiger partial charge in [-0.1, -0.05) is 11.6 Å². The Morgan fingerprint density at radius 3 is 2.75 bits per heavy atom. The van der Waals surface area contributed by atoms with Crippen molar-refractivity contribution in [3.05, 3.63) is 33.1 Å². The Morgan fingerprint density at radius 1 is 1.55 bits per heavy atom. The first-order valence-corrected chi connectivity index (χ1v) is 6.01. The molecule has 2 amide bonds. The lowest BCUT2D eigenvalue weighted by Gasteiger charge is -2.16. The SMILES string of the molecule is CNC(=O)CCN(C)C(=O)c1ccnc(Cl)c1[N+](=O)[O-]. The number of pyridine rings is 1. The zero-order valence-electron chi connectivity index (χ0n) is 10.9. The highest BCUT2D eigenvalue weighted by Gasteiger charge is 2.26. The van der Waals surface area contributed by atoms with Gasteiger partial charge < -0.3 is 10.2 Å². The smallest absolute Gasteiger partial charge is 0.319 e. The number of carbonyl (C=O) groups excluding carboxylic acids is 2. The molecule has 108 valence electrons. The van der Waals surface area contributed by atoms with Gasteiger partial charge in [-0.25, -0.2) is 4.98 Å². The molecule has 0 bridgehead atoms. The van der Waals surface area contributed by atoms with Crippen molar-refractivity contribution in [3.8, 4) is 0 Å². The predicted molar refractivity (Wildman–Crippen MR) is 71.5 cm³/mol. The second-order valence-electron chi connectivity index (χ2n) is 3.90. The van der Waals surface area contributed by atoms with Crippen molar-refractivity contribution in [2.24, 2.45) is 0 Å². The van der Waals surface area contributed by atoms with E-state index in [4.69, 9.17) is 11.6 Å². The summed E-state index contributed by atoms with van der Waals surface area (Å²) in [7, 11) is 2.93. The second kappa shape index (κ2) is 6.80. The van der Waals surface area contributed by atoms with Crippen LogP contribution in [0.2, 0.25) is 5.15 Å². The number of hydrogen-bond donors (Lipinski definition) is 1. The molecule has 8 nitrogen and oxygen atoms in total. The van der Waals surface area contributed by atoms with E-state index in [1.54, 1.807) is 0 Å². The van der Waals surface area contributed by atoms with Crippen LogP contribution in [0.3, 0.4) is 0 Å². The molecule has 0 fully saturated rings. The zero-order valence-corrected chi connectivity index (χ0v) is 11.7. The lowest BCUT2D eigenvalue weighted by molar-refractivity contribution is -0.385. The molecular weight excluding hydrogens is 288 g/mol. The van der Waals surface area contributed by atoms with Crippen molar-refractivity contribution in [1.82, 2.24) is 15.2 Å². The number of halogens is 1. The van der Waals surface area contributed by atoms with Crippen molar-refractivity contribution >= 4 is 29.1 Å². The number of hydrogen-bond acceptors (Lipinski definition) is 5. The minimum atomic E-state index is -0.755. The summed E-state index contributed by atoms with van der Waals surface area (Å²) in [5.41, 5.74) is -0.694. The van der Waals surface area contributed by atoms with Gasteiger partial charge in [-0.2, -0.15) is 0 Å². The molecular formula is C11H13ClN4O4. The maximum atomic E-state index is 12.1. The van der Waals surface area contributed by atoms with E-state index in [-0.39, 0.29) is 29.6 Å². The lowest BCUT2D eigenvalue weighted by atomic mass is 10.2. The third kappa shape index (κ3) is 3.64. The maximum Gasteiger partial charge on any atom is 0.319 e. The van der Waals surface area contributed by atoms with Gasteiger partial charge >= 0.3 is 5.69 Å².